The van der Waals surface area contributed by atoms with Crippen LogP contribution in [-0.4, -0.2) is 19.0 Å². The molecule has 2 bridgehead atoms. The van der Waals surface area contributed by atoms with Gasteiger partial charge in [0.15, 0.2) is 5.79 Å². The van der Waals surface area contributed by atoms with Gasteiger partial charge in [0.05, 0.1) is 13.2 Å². The zero-order valence-corrected chi connectivity index (χ0v) is 11.6. The maximum Gasteiger partial charge on any atom is 0.168 e. The fraction of sp³-hybridized carbons (Fsp3) is 1.00. The lowest BCUT2D eigenvalue weighted by Gasteiger charge is -2.28. The minimum absolute atomic E-state index is 0.208. The monoisotopic (exact) mass is 240 g/mol. The molecule has 17 heavy (non-hydrogen) atoms. The molecule has 0 spiro atoms. The fourth-order valence-corrected chi connectivity index (χ4v) is 3.37. The van der Waals surface area contributed by atoms with Gasteiger partial charge in [-0.2, -0.15) is 0 Å². The predicted molar refractivity (Wildman–Crippen MR) is 70.0 cm³/mol. The van der Waals surface area contributed by atoms with E-state index in [1.165, 1.54) is 44.9 Å². The van der Waals surface area contributed by atoms with E-state index in [4.69, 9.17) is 9.47 Å². The highest BCUT2D eigenvalue weighted by atomic mass is 16.7. The predicted octanol–water partition coefficient (Wildman–Crippen LogP) is 4.28. The molecule has 0 saturated carbocycles. The third kappa shape index (κ3) is 3.03. The first kappa shape index (κ1) is 13.4. The average molecular weight is 240 g/mol. The minimum atomic E-state index is -0.208. The second-order valence-corrected chi connectivity index (χ2v) is 5.99. The quantitative estimate of drug-likeness (QED) is 0.645. The summed E-state index contributed by atoms with van der Waals surface area (Å²) in [7, 11) is 0. The van der Waals surface area contributed by atoms with E-state index in [2.05, 4.69) is 13.8 Å². The molecule has 0 amide bonds. The Morgan fingerprint density at radius 2 is 1.94 bits per heavy atom. The van der Waals surface area contributed by atoms with Crippen molar-refractivity contribution in [1.29, 1.82) is 0 Å². The van der Waals surface area contributed by atoms with Gasteiger partial charge in [0, 0.05) is 12.8 Å². The van der Waals surface area contributed by atoms with Crippen molar-refractivity contribution in [3.8, 4) is 0 Å². The lowest BCUT2D eigenvalue weighted by Crippen LogP contribution is -2.31. The summed E-state index contributed by atoms with van der Waals surface area (Å²) in [5, 5.41) is 0. The molecule has 2 fully saturated rings. The van der Waals surface area contributed by atoms with Crippen LogP contribution < -0.4 is 0 Å². The Balaban J connectivity index is 1.90. The largest absolute Gasteiger partial charge is 0.350 e. The van der Waals surface area contributed by atoms with Crippen LogP contribution in [0.25, 0.3) is 0 Å². The number of unbranched alkanes of at least 4 members (excludes halogenated alkanes) is 3. The summed E-state index contributed by atoms with van der Waals surface area (Å²) in [5.74, 6) is -0.208. The van der Waals surface area contributed by atoms with Crippen molar-refractivity contribution >= 4 is 0 Å². The summed E-state index contributed by atoms with van der Waals surface area (Å²) in [6.07, 6.45) is 11.2. The van der Waals surface area contributed by atoms with Crippen LogP contribution in [0.4, 0.5) is 0 Å². The second kappa shape index (κ2) is 5.71. The van der Waals surface area contributed by atoms with Crippen molar-refractivity contribution in [2.75, 3.05) is 13.2 Å². The van der Waals surface area contributed by atoms with Crippen LogP contribution in [-0.2, 0) is 9.47 Å². The molecule has 2 heterocycles. The average Bonchev–Trinajstić information content (AvgIpc) is 2.59. The van der Waals surface area contributed by atoms with Crippen molar-refractivity contribution in [1.82, 2.24) is 0 Å². The molecule has 2 heteroatoms. The molecule has 0 aromatic carbocycles. The molecule has 2 unspecified atom stereocenters. The number of fused-ring (bicyclic) bond motifs is 2. The Bertz CT molecular complexity index is 241. The summed E-state index contributed by atoms with van der Waals surface area (Å²) in [5.41, 5.74) is 0.432. The van der Waals surface area contributed by atoms with Gasteiger partial charge in [-0.05, 0) is 31.1 Å². The van der Waals surface area contributed by atoms with E-state index in [-0.39, 0.29) is 5.79 Å². The first-order chi connectivity index (χ1) is 8.24. The van der Waals surface area contributed by atoms with Crippen molar-refractivity contribution in [3.63, 3.8) is 0 Å². The number of hydrogen-bond acceptors (Lipinski definition) is 2. The smallest absolute Gasteiger partial charge is 0.168 e. The molecule has 100 valence electrons. The zero-order chi connectivity index (χ0) is 12.2. The molecule has 2 saturated heterocycles. The van der Waals surface area contributed by atoms with Gasteiger partial charge in [-0.1, -0.05) is 33.1 Å². The van der Waals surface area contributed by atoms with Gasteiger partial charge in [-0.15, -0.1) is 0 Å². The van der Waals surface area contributed by atoms with Gasteiger partial charge in [-0.3, -0.25) is 0 Å². The summed E-state index contributed by atoms with van der Waals surface area (Å²) >= 11 is 0. The van der Waals surface area contributed by atoms with Crippen LogP contribution in [0.2, 0.25) is 0 Å². The molecule has 2 aliphatic rings. The maximum absolute atomic E-state index is 6.10. The molecule has 2 atom stereocenters. The highest BCUT2D eigenvalue weighted by molar-refractivity contribution is 4.93. The second-order valence-electron chi connectivity index (χ2n) is 5.99. The molecule has 0 aliphatic carbocycles. The zero-order valence-electron chi connectivity index (χ0n) is 11.6. The highest BCUT2D eigenvalue weighted by Gasteiger charge is 2.50. The lowest BCUT2D eigenvalue weighted by atomic mass is 9.78. The van der Waals surface area contributed by atoms with Gasteiger partial charge in [0.1, 0.15) is 0 Å². The van der Waals surface area contributed by atoms with Crippen LogP contribution in [0.1, 0.15) is 71.6 Å². The van der Waals surface area contributed by atoms with Crippen molar-refractivity contribution in [3.05, 3.63) is 0 Å². The number of hydrogen-bond donors (Lipinski definition) is 0. The van der Waals surface area contributed by atoms with Gasteiger partial charge in [0.2, 0.25) is 0 Å². The van der Waals surface area contributed by atoms with E-state index in [0.717, 1.165) is 26.1 Å². The Labute approximate surface area is 106 Å². The third-order valence-electron chi connectivity index (χ3n) is 4.66. The molecule has 2 aliphatic heterocycles. The van der Waals surface area contributed by atoms with Crippen molar-refractivity contribution < 1.29 is 9.47 Å². The Morgan fingerprint density at radius 1 is 1.06 bits per heavy atom. The molecule has 0 aromatic heterocycles. The Morgan fingerprint density at radius 3 is 2.71 bits per heavy atom. The molecule has 0 radical (unpaired) electrons. The minimum Gasteiger partial charge on any atom is -0.350 e. The SMILES string of the molecule is CCCCCCC12CC(CC)(CCCO1)CO2. The maximum atomic E-state index is 6.10. The van der Waals surface area contributed by atoms with Gasteiger partial charge in [0.25, 0.3) is 0 Å². The molecular weight excluding hydrogens is 212 g/mol. The van der Waals surface area contributed by atoms with Crippen LogP contribution in [0.5, 0.6) is 0 Å². The summed E-state index contributed by atoms with van der Waals surface area (Å²) in [6.45, 7) is 6.39. The van der Waals surface area contributed by atoms with Crippen LogP contribution in [0.3, 0.4) is 0 Å². The first-order valence-corrected chi connectivity index (χ1v) is 7.52. The van der Waals surface area contributed by atoms with Gasteiger partial charge in [-0.25, -0.2) is 0 Å². The summed E-state index contributed by atoms with van der Waals surface area (Å²) < 4.78 is 12.2. The third-order valence-corrected chi connectivity index (χ3v) is 4.66. The van der Waals surface area contributed by atoms with Crippen LogP contribution >= 0.6 is 0 Å². The van der Waals surface area contributed by atoms with Crippen molar-refractivity contribution in [2.24, 2.45) is 5.41 Å². The number of ether oxygens (including phenoxy) is 2. The lowest BCUT2D eigenvalue weighted by molar-refractivity contribution is -0.215. The van der Waals surface area contributed by atoms with E-state index in [1.54, 1.807) is 0 Å². The summed E-state index contributed by atoms with van der Waals surface area (Å²) in [6, 6.07) is 0. The normalized spacial score (nSPS) is 37.1. The van der Waals surface area contributed by atoms with Crippen LogP contribution in [0, 0.1) is 5.41 Å². The topological polar surface area (TPSA) is 18.5 Å². The summed E-state index contributed by atoms with van der Waals surface area (Å²) in [4.78, 5) is 0. The standard InChI is InChI=1S/C15H28O2/c1-3-5-6-7-10-15-12-14(4-2,13-17-15)9-8-11-16-15/h3-13H2,1-2H3. The first-order valence-electron chi connectivity index (χ1n) is 7.52. The van der Waals surface area contributed by atoms with E-state index < -0.39 is 0 Å². The van der Waals surface area contributed by atoms with Crippen LogP contribution in [0.15, 0.2) is 0 Å². The van der Waals surface area contributed by atoms with E-state index in [9.17, 15) is 0 Å². The fourth-order valence-electron chi connectivity index (χ4n) is 3.37. The van der Waals surface area contributed by atoms with Gasteiger partial charge < -0.3 is 9.47 Å². The van der Waals surface area contributed by atoms with E-state index in [1.807, 2.05) is 0 Å². The highest BCUT2D eigenvalue weighted by Crippen LogP contribution is 2.49. The number of rotatable bonds is 6. The molecule has 2 nitrogen and oxygen atoms in total. The van der Waals surface area contributed by atoms with Crippen molar-refractivity contribution in [2.45, 2.75) is 77.4 Å². The van der Waals surface area contributed by atoms with Gasteiger partial charge >= 0.3 is 0 Å². The molecular formula is C15H28O2. The Kier molecular flexibility index (Phi) is 4.48. The molecule has 0 aromatic rings. The molecule has 0 N–H and O–H groups in total. The van der Waals surface area contributed by atoms with E-state index >= 15 is 0 Å². The molecule has 2 rings (SSSR count). The van der Waals surface area contributed by atoms with E-state index in [0.29, 0.717) is 5.41 Å². The Hall–Kier alpha value is -0.0800.